The first kappa shape index (κ1) is 11.6. The molecule has 90 valence electrons. The minimum atomic E-state index is -0.217. The molecule has 0 N–H and O–H groups in total. The molecular formula is C13H16N2O2. The third kappa shape index (κ3) is 2.30. The van der Waals surface area contributed by atoms with E-state index in [2.05, 4.69) is 4.98 Å². The van der Waals surface area contributed by atoms with Gasteiger partial charge in [-0.25, -0.2) is 4.98 Å². The van der Waals surface area contributed by atoms with Crippen LogP contribution in [0.3, 0.4) is 0 Å². The molecule has 4 nitrogen and oxygen atoms in total. The largest absolute Gasteiger partial charge is 0.465 e. The smallest absolute Gasteiger partial charge is 0.326 e. The van der Waals surface area contributed by atoms with Crippen LogP contribution in [0.2, 0.25) is 0 Å². The molecular weight excluding hydrogens is 216 g/mol. The summed E-state index contributed by atoms with van der Waals surface area (Å²) in [5, 5.41) is 0. The molecule has 1 heterocycles. The molecule has 0 atom stereocenters. The number of para-hydroxylation sites is 2. The average Bonchev–Trinajstić information content (AvgIpc) is 2.68. The second-order valence-corrected chi connectivity index (χ2v) is 3.76. The van der Waals surface area contributed by atoms with Crippen LogP contribution in [0.4, 0.5) is 0 Å². The molecule has 0 radical (unpaired) electrons. The second kappa shape index (κ2) is 4.99. The average molecular weight is 232 g/mol. The van der Waals surface area contributed by atoms with Crippen LogP contribution in [-0.4, -0.2) is 22.1 Å². The lowest BCUT2D eigenvalue weighted by Gasteiger charge is -2.07. The zero-order valence-corrected chi connectivity index (χ0v) is 10.1. The van der Waals surface area contributed by atoms with Crippen LogP contribution in [0.1, 0.15) is 19.7 Å². The second-order valence-electron chi connectivity index (χ2n) is 3.76. The van der Waals surface area contributed by atoms with Crippen molar-refractivity contribution in [2.45, 2.75) is 26.8 Å². The Morgan fingerprint density at radius 2 is 2.12 bits per heavy atom. The van der Waals surface area contributed by atoms with Gasteiger partial charge in [-0.2, -0.15) is 0 Å². The van der Waals surface area contributed by atoms with E-state index in [0.29, 0.717) is 6.61 Å². The molecule has 2 aromatic rings. The predicted octanol–water partition coefficient (Wildman–Crippen LogP) is 2.16. The summed E-state index contributed by atoms with van der Waals surface area (Å²) >= 11 is 0. The highest BCUT2D eigenvalue weighted by Crippen LogP contribution is 2.16. The van der Waals surface area contributed by atoms with Crippen molar-refractivity contribution in [1.29, 1.82) is 0 Å². The Morgan fingerprint density at radius 3 is 2.82 bits per heavy atom. The van der Waals surface area contributed by atoms with E-state index in [0.717, 1.165) is 23.3 Å². The van der Waals surface area contributed by atoms with E-state index in [1.165, 1.54) is 0 Å². The molecule has 0 aliphatic carbocycles. The molecule has 0 unspecified atom stereocenters. The summed E-state index contributed by atoms with van der Waals surface area (Å²) in [6.45, 7) is 4.48. The fourth-order valence-corrected chi connectivity index (χ4v) is 1.91. The van der Waals surface area contributed by atoms with Gasteiger partial charge in [-0.05, 0) is 19.1 Å². The first-order valence-corrected chi connectivity index (χ1v) is 5.86. The quantitative estimate of drug-likeness (QED) is 0.759. The minimum Gasteiger partial charge on any atom is -0.465 e. The van der Waals surface area contributed by atoms with Gasteiger partial charge in [0.25, 0.3) is 0 Å². The van der Waals surface area contributed by atoms with Crippen molar-refractivity contribution in [2.24, 2.45) is 0 Å². The van der Waals surface area contributed by atoms with Crippen LogP contribution in [0.5, 0.6) is 0 Å². The zero-order valence-electron chi connectivity index (χ0n) is 10.1. The van der Waals surface area contributed by atoms with Crippen LogP contribution < -0.4 is 0 Å². The predicted molar refractivity (Wildman–Crippen MR) is 65.7 cm³/mol. The maximum atomic E-state index is 11.6. The summed E-state index contributed by atoms with van der Waals surface area (Å²) in [6, 6.07) is 7.82. The van der Waals surface area contributed by atoms with Crippen LogP contribution in [-0.2, 0) is 22.5 Å². The summed E-state index contributed by atoms with van der Waals surface area (Å²) in [4.78, 5) is 16.1. The van der Waals surface area contributed by atoms with E-state index < -0.39 is 0 Å². The first-order valence-electron chi connectivity index (χ1n) is 5.86. The van der Waals surface area contributed by atoms with E-state index in [4.69, 9.17) is 4.74 Å². The van der Waals surface area contributed by atoms with Crippen molar-refractivity contribution in [1.82, 2.24) is 9.55 Å². The molecule has 2 rings (SSSR count). The maximum Gasteiger partial charge on any atom is 0.326 e. The van der Waals surface area contributed by atoms with Gasteiger partial charge in [0, 0.05) is 6.42 Å². The molecule has 0 saturated heterocycles. The van der Waals surface area contributed by atoms with Crippen molar-refractivity contribution < 1.29 is 9.53 Å². The summed E-state index contributed by atoms with van der Waals surface area (Å²) < 4.78 is 6.90. The van der Waals surface area contributed by atoms with Crippen LogP contribution in [0, 0.1) is 0 Å². The highest BCUT2D eigenvalue weighted by atomic mass is 16.5. The SMILES string of the molecule is CCOC(=O)Cn1c(CC)nc2ccccc21. The van der Waals surface area contributed by atoms with Crippen LogP contribution >= 0.6 is 0 Å². The number of rotatable bonds is 4. The van der Waals surface area contributed by atoms with Crippen molar-refractivity contribution in [2.75, 3.05) is 6.61 Å². The van der Waals surface area contributed by atoms with Gasteiger partial charge in [-0.3, -0.25) is 4.79 Å². The van der Waals surface area contributed by atoms with Gasteiger partial charge in [0.15, 0.2) is 0 Å². The molecule has 1 aromatic heterocycles. The van der Waals surface area contributed by atoms with Gasteiger partial charge < -0.3 is 9.30 Å². The van der Waals surface area contributed by atoms with E-state index in [1.54, 1.807) is 0 Å². The number of imidazole rings is 1. The van der Waals surface area contributed by atoms with Crippen molar-refractivity contribution in [3.63, 3.8) is 0 Å². The summed E-state index contributed by atoms with van der Waals surface area (Å²) in [7, 11) is 0. The zero-order chi connectivity index (χ0) is 12.3. The number of aryl methyl sites for hydroxylation is 1. The third-order valence-electron chi connectivity index (χ3n) is 2.64. The van der Waals surface area contributed by atoms with Crippen molar-refractivity contribution in [3.8, 4) is 0 Å². The molecule has 0 saturated carbocycles. The Kier molecular flexibility index (Phi) is 3.42. The van der Waals surface area contributed by atoms with E-state index >= 15 is 0 Å². The van der Waals surface area contributed by atoms with Gasteiger partial charge in [-0.1, -0.05) is 19.1 Å². The molecule has 0 aliphatic rings. The van der Waals surface area contributed by atoms with Gasteiger partial charge in [0.1, 0.15) is 12.4 Å². The number of carbonyl (C=O) groups excluding carboxylic acids is 1. The highest BCUT2D eigenvalue weighted by molar-refractivity contribution is 5.78. The number of benzene rings is 1. The topological polar surface area (TPSA) is 44.1 Å². The molecule has 0 bridgehead atoms. The molecule has 17 heavy (non-hydrogen) atoms. The molecule has 1 aromatic carbocycles. The summed E-state index contributed by atoms with van der Waals surface area (Å²) in [5.74, 6) is 0.699. The molecule has 0 spiro atoms. The summed E-state index contributed by atoms with van der Waals surface area (Å²) in [5.41, 5.74) is 1.91. The molecule has 4 heteroatoms. The standard InChI is InChI=1S/C13H16N2O2/c1-3-12-14-10-7-5-6-8-11(10)15(12)9-13(16)17-4-2/h5-8H,3-4,9H2,1-2H3. The fourth-order valence-electron chi connectivity index (χ4n) is 1.91. The number of nitrogens with zero attached hydrogens (tertiary/aromatic N) is 2. The van der Waals surface area contributed by atoms with E-state index in [-0.39, 0.29) is 12.5 Å². The van der Waals surface area contributed by atoms with E-state index in [1.807, 2.05) is 42.7 Å². The van der Waals surface area contributed by atoms with Gasteiger partial charge >= 0.3 is 5.97 Å². The monoisotopic (exact) mass is 232 g/mol. The first-order chi connectivity index (χ1) is 8.26. The third-order valence-corrected chi connectivity index (χ3v) is 2.64. The molecule has 0 fully saturated rings. The van der Waals surface area contributed by atoms with Crippen LogP contribution in [0.25, 0.3) is 11.0 Å². The van der Waals surface area contributed by atoms with Gasteiger partial charge in [-0.15, -0.1) is 0 Å². The Hall–Kier alpha value is -1.84. The normalized spacial score (nSPS) is 10.7. The Morgan fingerprint density at radius 1 is 1.35 bits per heavy atom. The molecule has 0 aliphatic heterocycles. The lowest BCUT2D eigenvalue weighted by molar-refractivity contribution is -0.143. The van der Waals surface area contributed by atoms with Crippen LogP contribution in [0.15, 0.2) is 24.3 Å². The molecule has 0 amide bonds. The van der Waals surface area contributed by atoms with Crippen molar-refractivity contribution in [3.05, 3.63) is 30.1 Å². The minimum absolute atomic E-state index is 0.217. The Labute approximate surface area is 100 Å². The number of esters is 1. The number of ether oxygens (including phenoxy) is 1. The highest BCUT2D eigenvalue weighted by Gasteiger charge is 2.12. The number of fused-ring (bicyclic) bond motifs is 1. The number of aromatic nitrogens is 2. The number of hydrogen-bond acceptors (Lipinski definition) is 3. The Balaban J connectivity index is 2.39. The van der Waals surface area contributed by atoms with Gasteiger partial charge in [0.2, 0.25) is 0 Å². The lowest BCUT2D eigenvalue weighted by atomic mass is 10.3. The number of hydrogen-bond donors (Lipinski definition) is 0. The maximum absolute atomic E-state index is 11.6. The fraction of sp³-hybridized carbons (Fsp3) is 0.385. The lowest BCUT2D eigenvalue weighted by Crippen LogP contribution is -2.15. The van der Waals surface area contributed by atoms with Crippen molar-refractivity contribution >= 4 is 17.0 Å². The number of carbonyl (C=O) groups is 1. The van der Waals surface area contributed by atoms with E-state index in [9.17, 15) is 4.79 Å². The summed E-state index contributed by atoms with van der Waals surface area (Å²) in [6.07, 6.45) is 0.800. The Bertz CT molecular complexity index is 531. The van der Waals surface area contributed by atoms with Gasteiger partial charge in [0.05, 0.1) is 17.6 Å².